The Morgan fingerprint density at radius 1 is 1.19 bits per heavy atom. The summed E-state index contributed by atoms with van der Waals surface area (Å²) in [5, 5.41) is 0. The van der Waals surface area contributed by atoms with E-state index in [4.69, 9.17) is 0 Å². The van der Waals surface area contributed by atoms with Crippen molar-refractivity contribution in [2.24, 2.45) is 0 Å². The largest absolute Gasteiger partial charge is 0.342 e. The SMILES string of the molecule is CC(=O)c1cccc(N(CCC(=O)N(C)C2CCS(=O)(=O)C2)C(C)=O)c1. The number of Topliss-reactive ketones (excluding diaryl/α,β-unsaturated/α-hetero) is 1. The third-order valence-electron chi connectivity index (χ3n) is 4.64. The van der Waals surface area contributed by atoms with Crippen LogP contribution in [0, 0.1) is 0 Å². The van der Waals surface area contributed by atoms with E-state index in [0.29, 0.717) is 17.7 Å². The van der Waals surface area contributed by atoms with Crippen LogP contribution in [0.4, 0.5) is 5.69 Å². The molecule has 0 aromatic heterocycles. The Balaban J connectivity index is 2.04. The molecule has 0 saturated carbocycles. The molecule has 0 radical (unpaired) electrons. The van der Waals surface area contributed by atoms with Crippen molar-refractivity contribution >= 4 is 33.1 Å². The van der Waals surface area contributed by atoms with Crippen LogP contribution < -0.4 is 4.90 Å². The number of anilines is 1. The number of benzene rings is 1. The van der Waals surface area contributed by atoms with Crippen LogP contribution in [0.5, 0.6) is 0 Å². The van der Waals surface area contributed by atoms with Gasteiger partial charge < -0.3 is 9.80 Å². The van der Waals surface area contributed by atoms with Crippen molar-refractivity contribution < 1.29 is 22.8 Å². The summed E-state index contributed by atoms with van der Waals surface area (Å²) in [6.07, 6.45) is 0.526. The fraction of sp³-hybridized carbons (Fsp3) is 0.500. The molecule has 0 spiro atoms. The van der Waals surface area contributed by atoms with E-state index in [1.807, 2.05) is 0 Å². The predicted octanol–water partition coefficient (Wildman–Crippen LogP) is 1.28. The summed E-state index contributed by atoms with van der Waals surface area (Å²) in [5.74, 6) is -0.446. The number of ketones is 1. The highest BCUT2D eigenvalue weighted by Gasteiger charge is 2.32. The van der Waals surface area contributed by atoms with E-state index in [0.717, 1.165) is 0 Å². The summed E-state index contributed by atoms with van der Waals surface area (Å²) < 4.78 is 23.2. The van der Waals surface area contributed by atoms with Crippen LogP contribution in [-0.2, 0) is 19.4 Å². The monoisotopic (exact) mass is 380 g/mol. The molecular weight excluding hydrogens is 356 g/mol. The molecule has 0 N–H and O–H groups in total. The minimum Gasteiger partial charge on any atom is -0.342 e. The summed E-state index contributed by atoms with van der Waals surface area (Å²) in [5.41, 5.74) is 1.05. The molecule has 26 heavy (non-hydrogen) atoms. The number of rotatable bonds is 6. The van der Waals surface area contributed by atoms with Crippen LogP contribution in [0.3, 0.4) is 0 Å². The number of carbonyl (C=O) groups excluding carboxylic acids is 3. The third-order valence-corrected chi connectivity index (χ3v) is 6.39. The van der Waals surface area contributed by atoms with Crippen LogP contribution in [0.1, 0.15) is 37.0 Å². The lowest BCUT2D eigenvalue weighted by Crippen LogP contribution is -2.40. The zero-order chi connectivity index (χ0) is 19.5. The second kappa shape index (κ2) is 7.99. The average molecular weight is 380 g/mol. The smallest absolute Gasteiger partial charge is 0.224 e. The molecule has 1 fully saturated rings. The molecule has 142 valence electrons. The van der Waals surface area contributed by atoms with Gasteiger partial charge in [-0.1, -0.05) is 12.1 Å². The van der Waals surface area contributed by atoms with Crippen molar-refractivity contribution in [2.45, 2.75) is 32.7 Å². The van der Waals surface area contributed by atoms with E-state index in [2.05, 4.69) is 0 Å². The Hall–Kier alpha value is -2.22. The molecule has 0 aliphatic carbocycles. The molecule has 0 bridgehead atoms. The third kappa shape index (κ3) is 4.91. The topological polar surface area (TPSA) is 91.8 Å². The van der Waals surface area contributed by atoms with Crippen LogP contribution in [0.15, 0.2) is 24.3 Å². The molecular formula is C18H24N2O5S. The first-order valence-electron chi connectivity index (χ1n) is 8.46. The van der Waals surface area contributed by atoms with Crippen LogP contribution in [0.25, 0.3) is 0 Å². The van der Waals surface area contributed by atoms with Crippen molar-refractivity contribution in [2.75, 3.05) is 30.0 Å². The van der Waals surface area contributed by atoms with Gasteiger partial charge in [0.25, 0.3) is 0 Å². The maximum atomic E-state index is 12.4. The van der Waals surface area contributed by atoms with E-state index in [1.54, 1.807) is 31.3 Å². The van der Waals surface area contributed by atoms with Gasteiger partial charge in [-0.05, 0) is 25.5 Å². The maximum Gasteiger partial charge on any atom is 0.224 e. The van der Waals surface area contributed by atoms with Gasteiger partial charge in [0.2, 0.25) is 11.8 Å². The maximum absolute atomic E-state index is 12.4. The molecule has 1 aliphatic heterocycles. The highest BCUT2D eigenvalue weighted by molar-refractivity contribution is 7.91. The number of amides is 2. The first-order valence-corrected chi connectivity index (χ1v) is 10.3. The minimum atomic E-state index is -3.06. The van der Waals surface area contributed by atoms with Gasteiger partial charge in [-0.15, -0.1) is 0 Å². The van der Waals surface area contributed by atoms with Gasteiger partial charge in [0.15, 0.2) is 15.6 Å². The van der Waals surface area contributed by atoms with Gasteiger partial charge >= 0.3 is 0 Å². The Bertz CT molecular complexity index is 819. The number of hydrogen-bond donors (Lipinski definition) is 0. The highest BCUT2D eigenvalue weighted by Crippen LogP contribution is 2.20. The lowest BCUT2D eigenvalue weighted by Gasteiger charge is -2.26. The fourth-order valence-corrected chi connectivity index (χ4v) is 4.80. The lowest BCUT2D eigenvalue weighted by atomic mass is 10.1. The van der Waals surface area contributed by atoms with E-state index in [-0.39, 0.29) is 48.1 Å². The first kappa shape index (κ1) is 20.1. The van der Waals surface area contributed by atoms with Crippen LogP contribution >= 0.6 is 0 Å². The summed E-state index contributed by atoms with van der Waals surface area (Å²) in [6.45, 7) is 3.02. The Labute approximate surface area is 153 Å². The van der Waals surface area contributed by atoms with E-state index >= 15 is 0 Å². The van der Waals surface area contributed by atoms with Crippen molar-refractivity contribution in [1.82, 2.24) is 4.90 Å². The summed E-state index contributed by atoms with van der Waals surface area (Å²) in [7, 11) is -1.47. The highest BCUT2D eigenvalue weighted by atomic mass is 32.2. The second-order valence-corrected chi connectivity index (χ2v) is 8.82. The molecule has 1 saturated heterocycles. The van der Waals surface area contributed by atoms with E-state index < -0.39 is 9.84 Å². The van der Waals surface area contributed by atoms with Gasteiger partial charge in [-0.25, -0.2) is 8.42 Å². The molecule has 1 aromatic carbocycles. The number of carbonyl (C=O) groups is 3. The van der Waals surface area contributed by atoms with Crippen molar-refractivity contribution in [3.05, 3.63) is 29.8 Å². The Morgan fingerprint density at radius 2 is 1.88 bits per heavy atom. The lowest BCUT2D eigenvalue weighted by molar-refractivity contribution is -0.131. The number of nitrogens with zero attached hydrogens (tertiary/aromatic N) is 2. The average Bonchev–Trinajstić information content (AvgIpc) is 2.94. The van der Waals surface area contributed by atoms with Crippen molar-refractivity contribution in [1.29, 1.82) is 0 Å². The van der Waals surface area contributed by atoms with Gasteiger partial charge in [-0.2, -0.15) is 0 Å². The molecule has 8 heteroatoms. The molecule has 1 heterocycles. The second-order valence-electron chi connectivity index (χ2n) is 6.59. The van der Waals surface area contributed by atoms with E-state index in [9.17, 15) is 22.8 Å². The molecule has 1 unspecified atom stereocenters. The molecule has 7 nitrogen and oxygen atoms in total. The summed E-state index contributed by atoms with van der Waals surface area (Å²) >= 11 is 0. The zero-order valence-corrected chi connectivity index (χ0v) is 16.1. The molecule has 2 rings (SSSR count). The van der Waals surface area contributed by atoms with Gasteiger partial charge in [0, 0.05) is 44.2 Å². The number of sulfone groups is 1. The van der Waals surface area contributed by atoms with Crippen LogP contribution in [0.2, 0.25) is 0 Å². The predicted molar refractivity (Wildman–Crippen MR) is 98.9 cm³/mol. The van der Waals surface area contributed by atoms with Crippen LogP contribution in [-0.4, -0.2) is 62.1 Å². The quantitative estimate of drug-likeness (QED) is 0.693. The number of hydrogen-bond acceptors (Lipinski definition) is 5. The minimum absolute atomic E-state index is 0.00762. The molecule has 1 aliphatic rings. The van der Waals surface area contributed by atoms with Crippen molar-refractivity contribution in [3.63, 3.8) is 0 Å². The molecule has 1 aromatic rings. The van der Waals surface area contributed by atoms with Gasteiger partial charge in [0.05, 0.1) is 11.5 Å². The zero-order valence-electron chi connectivity index (χ0n) is 15.3. The Morgan fingerprint density at radius 3 is 2.42 bits per heavy atom. The summed E-state index contributed by atoms with van der Waals surface area (Å²) in [6, 6.07) is 6.40. The van der Waals surface area contributed by atoms with Crippen molar-refractivity contribution in [3.8, 4) is 0 Å². The normalized spacial score (nSPS) is 18.3. The standard InChI is InChI=1S/C18H24N2O5S/c1-13(21)15-5-4-6-16(11-15)20(14(2)22)9-7-18(23)19(3)17-8-10-26(24,25)12-17/h4-6,11,17H,7-10,12H2,1-3H3. The van der Waals surface area contributed by atoms with Gasteiger partial charge in [-0.3, -0.25) is 14.4 Å². The summed E-state index contributed by atoms with van der Waals surface area (Å²) in [4.78, 5) is 38.8. The molecule has 1 atom stereocenters. The Kier molecular flexibility index (Phi) is 6.17. The molecule has 2 amide bonds. The van der Waals surface area contributed by atoms with Gasteiger partial charge in [0.1, 0.15) is 0 Å². The van der Waals surface area contributed by atoms with E-state index in [1.165, 1.54) is 23.6 Å². The fourth-order valence-electron chi connectivity index (χ4n) is 3.03. The first-order chi connectivity index (χ1) is 12.1.